The second-order valence-electron chi connectivity index (χ2n) is 9.02. The van der Waals surface area contributed by atoms with Gasteiger partial charge in [0.25, 0.3) is 0 Å². The van der Waals surface area contributed by atoms with Crippen LogP contribution in [0.3, 0.4) is 0 Å². The number of ether oxygens (including phenoxy) is 1. The van der Waals surface area contributed by atoms with Crippen molar-refractivity contribution in [2.75, 3.05) is 7.11 Å². The average molecular weight is 559 g/mol. The summed E-state index contributed by atoms with van der Waals surface area (Å²) in [5.74, 6) is -0.395. The SMILES string of the molecule is COC(=O)c1cccc(-c2ccc([S+]([O-])n3c(-c4ccccc4)c(-c4ccsc4C#N)c4ccccc43)cc2)c1. The van der Waals surface area contributed by atoms with Crippen molar-refractivity contribution < 1.29 is 14.1 Å². The quantitative estimate of drug-likeness (QED) is 0.154. The zero-order chi connectivity index (χ0) is 27.6. The van der Waals surface area contributed by atoms with Gasteiger partial charge < -0.3 is 9.29 Å². The van der Waals surface area contributed by atoms with Crippen molar-refractivity contribution in [3.8, 4) is 39.6 Å². The number of fused-ring (bicyclic) bond motifs is 1. The maximum Gasteiger partial charge on any atom is 0.337 e. The molecule has 0 aliphatic rings. The Labute approximate surface area is 238 Å². The number of para-hydroxylation sites is 1. The first-order chi connectivity index (χ1) is 19.6. The summed E-state index contributed by atoms with van der Waals surface area (Å²) in [5.41, 5.74) is 6.48. The van der Waals surface area contributed by atoms with Crippen LogP contribution >= 0.6 is 11.3 Å². The Bertz CT molecular complexity index is 1880. The molecule has 1 unspecified atom stereocenters. The van der Waals surface area contributed by atoms with Crippen molar-refractivity contribution in [1.29, 1.82) is 5.26 Å². The Kier molecular flexibility index (Phi) is 6.97. The highest BCUT2D eigenvalue weighted by atomic mass is 32.2. The van der Waals surface area contributed by atoms with E-state index in [4.69, 9.17) is 4.74 Å². The Balaban J connectivity index is 1.51. The van der Waals surface area contributed by atoms with E-state index in [1.807, 2.05) is 106 Å². The maximum atomic E-state index is 14.4. The zero-order valence-electron chi connectivity index (χ0n) is 21.4. The summed E-state index contributed by atoms with van der Waals surface area (Å²) in [6.07, 6.45) is 0. The Morgan fingerprint density at radius 1 is 0.875 bits per heavy atom. The molecule has 1 atom stereocenters. The van der Waals surface area contributed by atoms with Crippen LogP contribution in [0.15, 0.2) is 119 Å². The molecule has 0 saturated heterocycles. The van der Waals surface area contributed by atoms with Crippen LogP contribution in [-0.4, -0.2) is 21.6 Å². The van der Waals surface area contributed by atoms with Gasteiger partial charge in [0, 0.05) is 22.1 Å². The van der Waals surface area contributed by atoms with Gasteiger partial charge in [-0.2, -0.15) is 9.23 Å². The van der Waals surface area contributed by atoms with Crippen LogP contribution in [0.1, 0.15) is 15.2 Å². The fourth-order valence-corrected chi connectivity index (χ4v) is 6.89. The van der Waals surface area contributed by atoms with Crippen molar-refractivity contribution in [3.05, 3.63) is 125 Å². The molecule has 6 aromatic rings. The highest BCUT2D eigenvalue weighted by molar-refractivity contribution is 7.90. The lowest BCUT2D eigenvalue weighted by molar-refractivity contribution is 0.0600. The van der Waals surface area contributed by atoms with Gasteiger partial charge in [0.15, 0.2) is 4.90 Å². The molecule has 7 heteroatoms. The van der Waals surface area contributed by atoms with Gasteiger partial charge in [-0.15, -0.1) is 11.3 Å². The van der Waals surface area contributed by atoms with E-state index in [9.17, 15) is 14.6 Å². The number of nitriles is 1. The topological polar surface area (TPSA) is 78.1 Å². The Hall–Kier alpha value is -4.61. The predicted molar refractivity (Wildman–Crippen MR) is 160 cm³/mol. The van der Waals surface area contributed by atoms with Crippen molar-refractivity contribution in [2.45, 2.75) is 4.90 Å². The second-order valence-corrected chi connectivity index (χ2v) is 11.3. The molecule has 2 aromatic heterocycles. The van der Waals surface area contributed by atoms with E-state index in [0.29, 0.717) is 15.3 Å². The lowest BCUT2D eigenvalue weighted by Gasteiger charge is -2.16. The molecular weight excluding hydrogens is 537 g/mol. The molecule has 40 heavy (non-hydrogen) atoms. The summed E-state index contributed by atoms with van der Waals surface area (Å²) in [6.45, 7) is 0. The lowest BCUT2D eigenvalue weighted by atomic mass is 9.99. The number of carbonyl (C=O) groups excluding carboxylic acids is 1. The second kappa shape index (κ2) is 10.9. The van der Waals surface area contributed by atoms with E-state index in [1.165, 1.54) is 18.4 Å². The number of hydrogen-bond acceptors (Lipinski definition) is 5. The summed E-state index contributed by atoms with van der Waals surface area (Å²) in [4.78, 5) is 13.2. The maximum absolute atomic E-state index is 14.4. The molecule has 0 bridgehead atoms. The Morgan fingerprint density at radius 2 is 1.60 bits per heavy atom. The van der Waals surface area contributed by atoms with Crippen molar-refractivity contribution >= 4 is 39.6 Å². The summed E-state index contributed by atoms with van der Waals surface area (Å²) in [7, 11) is 1.36. The molecule has 0 saturated carbocycles. The van der Waals surface area contributed by atoms with Gasteiger partial charge >= 0.3 is 5.97 Å². The fourth-order valence-electron chi connectivity index (χ4n) is 4.92. The Morgan fingerprint density at radius 3 is 2.35 bits per heavy atom. The summed E-state index contributed by atoms with van der Waals surface area (Å²) in [5, 5.41) is 12.7. The summed E-state index contributed by atoms with van der Waals surface area (Å²) >= 11 is -0.198. The van der Waals surface area contributed by atoms with Gasteiger partial charge in [-0.3, -0.25) is 0 Å². The minimum absolute atomic E-state index is 0.395. The van der Waals surface area contributed by atoms with Crippen molar-refractivity contribution in [1.82, 2.24) is 3.97 Å². The van der Waals surface area contributed by atoms with E-state index in [2.05, 4.69) is 6.07 Å². The molecule has 0 aliphatic carbocycles. The fraction of sp³-hybridized carbons (Fsp3) is 0.0303. The van der Waals surface area contributed by atoms with Crippen LogP contribution in [0.5, 0.6) is 0 Å². The smallest absolute Gasteiger partial charge is 0.337 e. The molecule has 5 nitrogen and oxygen atoms in total. The number of benzene rings is 4. The molecule has 0 fully saturated rings. The number of thiophene rings is 1. The molecule has 6 rings (SSSR count). The largest absolute Gasteiger partial charge is 0.587 e. The van der Waals surface area contributed by atoms with E-state index in [-0.39, 0.29) is 0 Å². The average Bonchev–Trinajstić information content (AvgIpc) is 3.63. The molecule has 0 amide bonds. The van der Waals surface area contributed by atoms with E-state index < -0.39 is 17.3 Å². The molecule has 2 heterocycles. The summed E-state index contributed by atoms with van der Waals surface area (Å²) in [6, 6.07) is 36.8. The van der Waals surface area contributed by atoms with Gasteiger partial charge in [0.05, 0.1) is 18.2 Å². The zero-order valence-corrected chi connectivity index (χ0v) is 23.0. The predicted octanol–water partition coefficient (Wildman–Crippen LogP) is 7.93. The highest BCUT2D eigenvalue weighted by Gasteiger charge is 2.29. The third-order valence-corrected chi connectivity index (χ3v) is 8.96. The molecular formula is C33H22N2O3S2. The van der Waals surface area contributed by atoms with Gasteiger partial charge in [-0.1, -0.05) is 60.7 Å². The molecule has 0 aliphatic heterocycles. The number of carbonyl (C=O) groups is 1. The van der Waals surface area contributed by atoms with Crippen molar-refractivity contribution in [3.63, 3.8) is 0 Å². The third-order valence-electron chi connectivity index (χ3n) is 6.75. The van der Waals surface area contributed by atoms with E-state index in [0.717, 1.165) is 44.4 Å². The van der Waals surface area contributed by atoms with Crippen LogP contribution in [0.4, 0.5) is 0 Å². The number of rotatable bonds is 6. The molecule has 0 radical (unpaired) electrons. The lowest BCUT2D eigenvalue weighted by Crippen LogP contribution is -2.14. The number of methoxy groups -OCH3 is 1. The molecule has 0 spiro atoms. The molecule has 194 valence electrons. The first-order valence-corrected chi connectivity index (χ1v) is 14.5. The van der Waals surface area contributed by atoms with Crippen LogP contribution in [0.25, 0.3) is 44.4 Å². The van der Waals surface area contributed by atoms with Crippen molar-refractivity contribution in [2.24, 2.45) is 0 Å². The van der Waals surface area contributed by atoms with E-state index in [1.54, 1.807) is 12.1 Å². The van der Waals surface area contributed by atoms with Gasteiger partial charge in [0.1, 0.15) is 28.0 Å². The number of hydrogen-bond donors (Lipinski definition) is 0. The van der Waals surface area contributed by atoms with Crippen LogP contribution in [-0.2, 0) is 16.1 Å². The van der Waals surface area contributed by atoms with Crippen LogP contribution in [0, 0.1) is 11.3 Å². The molecule has 0 N–H and O–H groups in total. The minimum atomic E-state index is -1.60. The first kappa shape index (κ1) is 25.7. The standard InChI is InChI=1S/C33H22N2O3S2/c1-38-33(36)25-11-7-10-24(20-25)22-14-16-26(17-15-22)40(37)35-29-13-6-5-12-27(29)31(28-18-19-39-30(28)21-34)32(35)23-8-3-2-4-9-23/h2-20H,1H3. The number of nitrogens with zero attached hydrogens (tertiary/aromatic N) is 2. The van der Waals surface area contributed by atoms with Gasteiger partial charge in [-0.25, -0.2) is 4.79 Å². The monoisotopic (exact) mass is 558 g/mol. The third kappa shape index (κ3) is 4.48. The normalized spacial score (nSPS) is 11.7. The van der Waals surface area contributed by atoms with Gasteiger partial charge in [0.2, 0.25) is 0 Å². The molecule has 4 aromatic carbocycles. The highest BCUT2D eigenvalue weighted by Crippen LogP contribution is 2.44. The number of esters is 1. The first-order valence-electron chi connectivity index (χ1n) is 12.5. The van der Waals surface area contributed by atoms with Crippen LogP contribution in [0.2, 0.25) is 0 Å². The minimum Gasteiger partial charge on any atom is -0.587 e. The number of aromatic nitrogens is 1. The van der Waals surface area contributed by atoms with Gasteiger partial charge in [-0.05, 0) is 65.0 Å². The summed E-state index contributed by atoms with van der Waals surface area (Å²) < 4.78 is 21.1. The van der Waals surface area contributed by atoms with Crippen LogP contribution < -0.4 is 0 Å². The van der Waals surface area contributed by atoms with E-state index >= 15 is 0 Å².